The Labute approximate surface area is 204 Å². The average Bonchev–Trinajstić information content (AvgIpc) is 3.61. The van der Waals surface area contributed by atoms with Crippen LogP contribution >= 0.6 is 11.3 Å². The molecule has 0 fully saturated rings. The summed E-state index contributed by atoms with van der Waals surface area (Å²) in [5.74, 6) is 0.689. The van der Waals surface area contributed by atoms with Gasteiger partial charge < -0.3 is 9.88 Å². The summed E-state index contributed by atoms with van der Waals surface area (Å²) in [7, 11) is 4.00. The predicted octanol–water partition coefficient (Wildman–Crippen LogP) is 5.56. The van der Waals surface area contributed by atoms with Gasteiger partial charge in [-0.2, -0.15) is 5.10 Å². The maximum atomic E-state index is 11.8. The fraction of sp³-hybridized carbons (Fsp3) is 0.115. The lowest BCUT2D eigenvalue weighted by Crippen LogP contribution is -2.08. The zero-order chi connectivity index (χ0) is 24.1. The third-order valence-corrected chi connectivity index (χ3v) is 7.19. The molecule has 1 aromatic carbocycles. The first-order valence-electron chi connectivity index (χ1n) is 11.0. The normalized spacial score (nSPS) is 11.4. The largest absolute Gasteiger partial charge is 0.376 e. The molecule has 0 bridgehead atoms. The highest BCUT2D eigenvalue weighted by molar-refractivity contribution is 7.17. The number of fused-ring (bicyclic) bond motifs is 2. The van der Waals surface area contributed by atoms with Crippen molar-refractivity contribution in [1.82, 2.24) is 30.1 Å². The SMILES string of the molecule is CC(=O)c1ccc(-c2ccnc3nc(-c4n[nH]c5ccc(-c6cncc(N(C)C)c6)cc45)[nH]c23)s1. The topological polar surface area (TPSA) is 103 Å². The van der Waals surface area contributed by atoms with Crippen LogP contribution in [0.2, 0.25) is 0 Å². The Bertz CT molecular complexity index is 1730. The minimum atomic E-state index is 0.0574. The van der Waals surface area contributed by atoms with Gasteiger partial charge in [0.05, 0.1) is 27.8 Å². The van der Waals surface area contributed by atoms with Crippen molar-refractivity contribution in [3.63, 3.8) is 0 Å². The number of nitrogens with zero attached hydrogens (tertiary/aromatic N) is 5. The summed E-state index contributed by atoms with van der Waals surface area (Å²) in [4.78, 5) is 32.5. The van der Waals surface area contributed by atoms with Crippen LogP contribution in [0.25, 0.3) is 55.2 Å². The highest BCUT2D eigenvalue weighted by Gasteiger charge is 2.17. The lowest BCUT2D eigenvalue weighted by Gasteiger charge is -2.13. The van der Waals surface area contributed by atoms with E-state index in [1.54, 1.807) is 13.1 Å². The number of thiophene rings is 1. The fourth-order valence-corrected chi connectivity index (χ4v) is 5.04. The van der Waals surface area contributed by atoms with E-state index in [0.717, 1.165) is 54.2 Å². The summed E-state index contributed by atoms with van der Waals surface area (Å²) in [5.41, 5.74) is 7.11. The average molecular weight is 480 g/mol. The zero-order valence-corrected chi connectivity index (χ0v) is 20.1. The van der Waals surface area contributed by atoms with Crippen molar-refractivity contribution >= 4 is 44.9 Å². The van der Waals surface area contributed by atoms with E-state index in [1.165, 1.54) is 11.3 Å². The van der Waals surface area contributed by atoms with E-state index >= 15 is 0 Å². The van der Waals surface area contributed by atoms with Crippen molar-refractivity contribution in [3.05, 3.63) is 65.9 Å². The Hall–Kier alpha value is -4.37. The van der Waals surface area contributed by atoms with Gasteiger partial charge in [-0.05, 0) is 48.9 Å². The number of imidazole rings is 1. The van der Waals surface area contributed by atoms with E-state index in [2.05, 4.69) is 43.3 Å². The van der Waals surface area contributed by atoms with Gasteiger partial charge in [0.25, 0.3) is 0 Å². The molecule has 0 radical (unpaired) electrons. The maximum absolute atomic E-state index is 11.8. The van der Waals surface area contributed by atoms with Crippen molar-refractivity contribution in [2.75, 3.05) is 19.0 Å². The van der Waals surface area contributed by atoms with Crippen molar-refractivity contribution in [3.8, 4) is 33.1 Å². The van der Waals surface area contributed by atoms with Crippen LogP contribution in [0, 0.1) is 0 Å². The van der Waals surface area contributed by atoms with E-state index in [0.29, 0.717) is 11.5 Å². The van der Waals surface area contributed by atoms with Crippen LogP contribution < -0.4 is 4.90 Å². The van der Waals surface area contributed by atoms with Gasteiger partial charge in [0, 0.05) is 47.9 Å². The number of Topliss-reactive ketones (excluding diaryl/α,β-unsaturated/α-hetero) is 1. The number of hydrogen-bond acceptors (Lipinski definition) is 7. The second-order valence-electron chi connectivity index (χ2n) is 8.52. The number of H-pyrrole nitrogens is 2. The second-order valence-corrected chi connectivity index (χ2v) is 9.61. The van der Waals surface area contributed by atoms with Gasteiger partial charge in [-0.1, -0.05) is 6.07 Å². The van der Waals surface area contributed by atoms with Gasteiger partial charge in [-0.3, -0.25) is 14.9 Å². The number of anilines is 1. The van der Waals surface area contributed by atoms with E-state index in [-0.39, 0.29) is 5.78 Å². The van der Waals surface area contributed by atoms with Crippen molar-refractivity contribution in [2.24, 2.45) is 0 Å². The first-order valence-corrected chi connectivity index (χ1v) is 11.9. The number of benzene rings is 1. The van der Waals surface area contributed by atoms with Gasteiger partial charge in [-0.15, -0.1) is 11.3 Å². The van der Waals surface area contributed by atoms with Crippen LogP contribution in [0.5, 0.6) is 0 Å². The van der Waals surface area contributed by atoms with E-state index in [1.807, 2.05) is 55.7 Å². The molecule has 35 heavy (non-hydrogen) atoms. The van der Waals surface area contributed by atoms with Gasteiger partial charge >= 0.3 is 0 Å². The quantitative estimate of drug-likeness (QED) is 0.314. The molecule has 172 valence electrons. The van der Waals surface area contributed by atoms with Crippen LogP contribution in [0.15, 0.2) is 61.1 Å². The molecular weight excluding hydrogens is 458 g/mol. The number of hydrogen-bond donors (Lipinski definition) is 2. The van der Waals surface area contributed by atoms with E-state index in [4.69, 9.17) is 4.98 Å². The molecule has 6 aromatic rings. The highest BCUT2D eigenvalue weighted by atomic mass is 32.1. The molecule has 0 aliphatic heterocycles. The second kappa shape index (κ2) is 8.14. The van der Waals surface area contributed by atoms with Crippen LogP contribution in [0.1, 0.15) is 16.6 Å². The van der Waals surface area contributed by atoms with Crippen LogP contribution in [0.3, 0.4) is 0 Å². The molecule has 2 N–H and O–H groups in total. The molecule has 5 aromatic heterocycles. The molecule has 5 heterocycles. The number of carbonyl (C=O) groups is 1. The molecule has 0 unspecified atom stereocenters. The summed E-state index contributed by atoms with van der Waals surface area (Å²) < 4.78 is 0. The summed E-state index contributed by atoms with van der Waals surface area (Å²) in [5, 5.41) is 8.62. The van der Waals surface area contributed by atoms with Gasteiger partial charge in [0.2, 0.25) is 0 Å². The fourth-order valence-electron chi connectivity index (χ4n) is 4.10. The lowest BCUT2D eigenvalue weighted by molar-refractivity contribution is 0.102. The molecule has 0 aliphatic carbocycles. The molecular formula is C26H21N7OS. The highest BCUT2D eigenvalue weighted by Crippen LogP contribution is 2.35. The molecule has 0 saturated carbocycles. The Kier molecular flexibility index (Phi) is 4.93. The number of pyridine rings is 2. The standard InChI is InChI=1S/C26H21N7OS/c1-14(34)21-6-7-22(35-21)18-8-9-28-25-23(18)29-26(30-25)24-19-11-15(4-5-20(19)31-32-24)16-10-17(33(2)3)13-27-12-16/h4-13H,1-3H3,(H,31,32)(H,28,29,30). The molecule has 0 amide bonds. The maximum Gasteiger partial charge on any atom is 0.178 e. The number of nitrogens with one attached hydrogen (secondary N) is 2. The molecule has 6 rings (SSSR count). The monoisotopic (exact) mass is 479 g/mol. The lowest BCUT2D eigenvalue weighted by atomic mass is 10.0. The Morgan fingerprint density at radius 3 is 2.71 bits per heavy atom. The Morgan fingerprint density at radius 2 is 1.91 bits per heavy atom. The summed E-state index contributed by atoms with van der Waals surface area (Å²) >= 11 is 1.46. The Balaban J connectivity index is 1.46. The van der Waals surface area contributed by atoms with E-state index in [9.17, 15) is 4.79 Å². The van der Waals surface area contributed by atoms with Crippen molar-refractivity contribution in [2.45, 2.75) is 6.92 Å². The third kappa shape index (κ3) is 3.66. The zero-order valence-electron chi connectivity index (χ0n) is 19.3. The number of ketones is 1. The van der Waals surface area contributed by atoms with Crippen LogP contribution in [-0.4, -0.2) is 50.0 Å². The molecule has 8 nitrogen and oxygen atoms in total. The molecule has 9 heteroatoms. The first kappa shape index (κ1) is 21.2. The number of rotatable bonds is 5. The van der Waals surface area contributed by atoms with Gasteiger partial charge in [0.15, 0.2) is 17.3 Å². The van der Waals surface area contributed by atoms with Crippen molar-refractivity contribution < 1.29 is 4.79 Å². The van der Waals surface area contributed by atoms with Crippen LogP contribution in [-0.2, 0) is 0 Å². The van der Waals surface area contributed by atoms with Gasteiger partial charge in [0.1, 0.15) is 5.69 Å². The van der Waals surface area contributed by atoms with Gasteiger partial charge in [-0.25, -0.2) is 9.97 Å². The molecule has 0 spiro atoms. The predicted molar refractivity (Wildman–Crippen MR) is 140 cm³/mol. The minimum absolute atomic E-state index is 0.0574. The first-order chi connectivity index (χ1) is 17.0. The summed E-state index contributed by atoms with van der Waals surface area (Å²) in [6.07, 6.45) is 5.44. The molecule has 0 saturated heterocycles. The molecule has 0 atom stereocenters. The minimum Gasteiger partial charge on any atom is -0.376 e. The van der Waals surface area contributed by atoms with E-state index < -0.39 is 0 Å². The van der Waals surface area contributed by atoms with Crippen molar-refractivity contribution in [1.29, 1.82) is 0 Å². The number of carbonyl (C=O) groups excluding carboxylic acids is 1. The summed E-state index contributed by atoms with van der Waals surface area (Å²) in [6, 6.07) is 14.0. The number of aromatic nitrogens is 6. The summed E-state index contributed by atoms with van der Waals surface area (Å²) in [6.45, 7) is 1.58. The Morgan fingerprint density at radius 1 is 1.03 bits per heavy atom. The smallest absolute Gasteiger partial charge is 0.178 e. The third-order valence-electron chi connectivity index (χ3n) is 5.97. The van der Waals surface area contributed by atoms with Crippen LogP contribution in [0.4, 0.5) is 5.69 Å². The molecule has 0 aliphatic rings. The number of aromatic amines is 2.